The summed E-state index contributed by atoms with van der Waals surface area (Å²) < 4.78 is 5.35. The molecule has 1 aromatic heterocycles. The summed E-state index contributed by atoms with van der Waals surface area (Å²) in [5.41, 5.74) is 6.43. The summed E-state index contributed by atoms with van der Waals surface area (Å²) in [6.45, 7) is 6.24. The first-order chi connectivity index (χ1) is 6.99. The Morgan fingerprint density at radius 1 is 1.47 bits per heavy atom. The zero-order valence-electron chi connectivity index (χ0n) is 9.36. The highest BCUT2D eigenvalue weighted by Gasteiger charge is 2.40. The van der Waals surface area contributed by atoms with Gasteiger partial charge in [0, 0.05) is 18.2 Å². The fourth-order valence-corrected chi connectivity index (χ4v) is 3.22. The van der Waals surface area contributed by atoms with Crippen molar-refractivity contribution in [2.24, 2.45) is 11.1 Å². The van der Waals surface area contributed by atoms with E-state index in [0.29, 0.717) is 16.4 Å². The maximum atomic E-state index is 6.20. The summed E-state index contributed by atoms with van der Waals surface area (Å²) in [6, 6.07) is 0.203. The van der Waals surface area contributed by atoms with Crippen LogP contribution >= 0.6 is 11.8 Å². The molecule has 2 atom stereocenters. The normalized spacial score (nSPS) is 29.6. The number of nitrogens with zero attached hydrogens (tertiary/aromatic N) is 2. The third-order valence-corrected chi connectivity index (χ3v) is 4.33. The maximum absolute atomic E-state index is 6.20. The predicted octanol–water partition coefficient (Wildman–Crippen LogP) is 1.99. The second kappa shape index (κ2) is 3.79. The maximum Gasteiger partial charge on any atom is 0.276 e. The molecule has 2 rings (SSSR count). The second-order valence-corrected chi connectivity index (χ2v) is 5.99. The monoisotopic (exact) mass is 227 g/mol. The van der Waals surface area contributed by atoms with Gasteiger partial charge >= 0.3 is 0 Å². The predicted molar refractivity (Wildman–Crippen MR) is 59.7 cm³/mol. The molecule has 0 radical (unpaired) electrons. The topological polar surface area (TPSA) is 64.9 Å². The van der Waals surface area contributed by atoms with Gasteiger partial charge in [-0.2, -0.15) is 0 Å². The molecule has 2 N–H and O–H groups in total. The van der Waals surface area contributed by atoms with Gasteiger partial charge in [0.1, 0.15) is 0 Å². The van der Waals surface area contributed by atoms with Gasteiger partial charge in [0.05, 0.1) is 0 Å². The molecule has 1 aromatic rings. The highest BCUT2D eigenvalue weighted by Crippen LogP contribution is 2.43. The third-order valence-electron chi connectivity index (χ3n) is 3.14. The van der Waals surface area contributed by atoms with E-state index in [9.17, 15) is 0 Å². The Bertz CT molecular complexity index is 350. The minimum atomic E-state index is 0.203. The zero-order valence-corrected chi connectivity index (χ0v) is 10.2. The summed E-state index contributed by atoms with van der Waals surface area (Å²) in [6.07, 6.45) is 2.29. The van der Waals surface area contributed by atoms with E-state index < -0.39 is 0 Å². The van der Waals surface area contributed by atoms with Gasteiger partial charge in [0.15, 0.2) is 0 Å². The van der Waals surface area contributed by atoms with Crippen LogP contribution in [0.2, 0.25) is 0 Å². The first-order valence-electron chi connectivity index (χ1n) is 5.21. The summed E-state index contributed by atoms with van der Waals surface area (Å²) >= 11 is 1.62. The molecule has 4 nitrogen and oxygen atoms in total. The molecular formula is C10H17N3OS. The molecule has 0 amide bonds. The first kappa shape index (κ1) is 11.0. The van der Waals surface area contributed by atoms with Crippen LogP contribution in [-0.4, -0.2) is 21.5 Å². The van der Waals surface area contributed by atoms with Crippen LogP contribution in [0.5, 0.6) is 0 Å². The number of nitrogens with two attached hydrogens (primary N) is 1. The van der Waals surface area contributed by atoms with Crippen LogP contribution in [-0.2, 0) is 0 Å². The van der Waals surface area contributed by atoms with E-state index in [4.69, 9.17) is 10.2 Å². The molecule has 2 unspecified atom stereocenters. The molecule has 5 heteroatoms. The molecule has 1 aliphatic rings. The molecule has 0 aromatic carbocycles. The highest BCUT2D eigenvalue weighted by molar-refractivity contribution is 7.99. The van der Waals surface area contributed by atoms with E-state index >= 15 is 0 Å². The van der Waals surface area contributed by atoms with Crippen molar-refractivity contribution in [3.8, 4) is 0 Å². The minimum absolute atomic E-state index is 0.203. The zero-order chi connectivity index (χ0) is 11.1. The molecule has 1 fully saturated rings. The van der Waals surface area contributed by atoms with Gasteiger partial charge in [-0.1, -0.05) is 25.6 Å². The molecular weight excluding hydrogens is 210 g/mol. The van der Waals surface area contributed by atoms with Crippen molar-refractivity contribution in [3.05, 3.63) is 5.89 Å². The van der Waals surface area contributed by atoms with Crippen LogP contribution in [0, 0.1) is 12.3 Å². The SMILES string of the molecule is Cc1nnc(SC2CCC(C)(C)C2N)o1. The largest absolute Gasteiger partial charge is 0.416 e. The smallest absolute Gasteiger partial charge is 0.276 e. The average molecular weight is 227 g/mol. The molecule has 0 spiro atoms. The van der Waals surface area contributed by atoms with Crippen LogP contribution in [0.3, 0.4) is 0 Å². The van der Waals surface area contributed by atoms with Crippen molar-refractivity contribution in [1.82, 2.24) is 10.2 Å². The van der Waals surface area contributed by atoms with Crippen LogP contribution in [0.1, 0.15) is 32.6 Å². The van der Waals surface area contributed by atoms with E-state index in [-0.39, 0.29) is 11.5 Å². The molecule has 1 heterocycles. The Hall–Kier alpha value is -0.550. The van der Waals surface area contributed by atoms with Gasteiger partial charge in [-0.25, -0.2) is 0 Å². The highest BCUT2D eigenvalue weighted by atomic mass is 32.2. The molecule has 0 bridgehead atoms. The van der Waals surface area contributed by atoms with E-state index in [1.807, 2.05) is 0 Å². The molecule has 0 aliphatic heterocycles. The minimum Gasteiger partial charge on any atom is -0.416 e. The number of thioether (sulfide) groups is 1. The molecule has 1 aliphatic carbocycles. The van der Waals surface area contributed by atoms with Crippen LogP contribution in [0.15, 0.2) is 9.64 Å². The van der Waals surface area contributed by atoms with Gasteiger partial charge in [-0.3, -0.25) is 0 Å². The van der Waals surface area contributed by atoms with Crippen molar-refractivity contribution in [2.75, 3.05) is 0 Å². The first-order valence-corrected chi connectivity index (χ1v) is 6.09. The quantitative estimate of drug-likeness (QED) is 0.837. The van der Waals surface area contributed by atoms with E-state index in [0.717, 1.165) is 6.42 Å². The van der Waals surface area contributed by atoms with Crippen molar-refractivity contribution >= 4 is 11.8 Å². The standard InChI is InChI=1S/C10H17N3OS/c1-6-12-13-9(14-6)15-7-4-5-10(2,3)8(7)11/h7-8H,4-5,11H2,1-3H3. The summed E-state index contributed by atoms with van der Waals surface area (Å²) in [4.78, 5) is 0. The fourth-order valence-electron chi connectivity index (χ4n) is 1.95. The van der Waals surface area contributed by atoms with Crippen molar-refractivity contribution in [2.45, 2.75) is 50.1 Å². The lowest BCUT2D eigenvalue weighted by Crippen LogP contribution is -2.38. The Balaban J connectivity index is 2.02. The van der Waals surface area contributed by atoms with Crippen molar-refractivity contribution < 1.29 is 4.42 Å². The Labute approximate surface area is 94.0 Å². The lowest BCUT2D eigenvalue weighted by Gasteiger charge is -2.25. The summed E-state index contributed by atoms with van der Waals surface area (Å²) in [7, 11) is 0. The van der Waals surface area contributed by atoms with Crippen LogP contribution in [0.4, 0.5) is 0 Å². The van der Waals surface area contributed by atoms with Crippen molar-refractivity contribution in [1.29, 1.82) is 0 Å². The summed E-state index contributed by atoms with van der Waals surface area (Å²) in [5.74, 6) is 0.614. The van der Waals surface area contributed by atoms with Crippen LogP contribution in [0.25, 0.3) is 0 Å². The Morgan fingerprint density at radius 3 is 2.67 bits per heavy atom. The van der Waals surface area contributed by atoms with E-state index in [1.165, 1.54) is 6.42 Å². The number of rotatable bonds is 2. The number of hydrogen-bond donors (Lipinski definition) is 1. The van der Waals surface area contributed by atoms with Gasteiger partial charge in [0.2, 0.25) is 5.89 Å². The van der Waals surface area contributed by atoms with Gasteiger partial charge in [-0.05, 0) is 18.3 Å². The Kier molecular flexibility index (Phi) is 2.77. The number of hydrogen-bond acceptors (Lipinski definition) is 5. The lowest BCUT2D eigenvalue weighted by atomic mass is 9.88. The van der Waals surface area contributed by atoms with E-state index in [2.05, 4.69) is 24.0 Å². The summed E-state index contributed by atoms with van der Waals surface area (Å²) in [5, 5.41) is 8.84. The number of aromatic nitrogens is 2. The molecule has 84 valence electrons. The molecule has 1 saturated carbocycles. The fraction of sp³-hybridized carbons (Fsp3) is 0.800. The molecule has 0 saturated heterocycles. The Morgan fingerprint density at radius 2 is 2.20 bits per heavy atom. The molecule has 15 heavy (non-hydrogen) atoms. The van der Waals surface area contributed by atoms with Crippen molar-refractivity contribution in [3.63, 3.8) is 0 Å². The van der Waals surface area contributed by atoms with Crippen LogP contribution < -0.4 is 5.73 Å². The number of aryl methyl sites for hydroxylation is 1. The van der Waals surface area contributed by atoms with Gasteiger partial charge in [-0.15, -0.1) is 10.2 Å². The average Bonchev–Trinajstić information content (AvgIpc) is 2.66. The van der Waals surface area contributed by atoms with Gasteiger partial charge in [0.25, 0.3) is 5.22 Å². The third kappa shape index (κ3) is 2.18. The van der Waals surface area contributed by atoms with E-state index in [1.54, 1.807) is 18.7 Å². The second-order valence-electron chi connectivity index (χ2n) is 4.80. The van der Waals surface area contributed by atoms with Gasteiger partial charge < -0.3 is 10.2 Å². The lowest BCUT2D eigenvalue weighted by molar-refractivity contribution is 0.334.